The smallest absolute Gasteiger partial charge is 0.320 e. The molecule has 2 aromatic heterocycles. The molecule has 0 fully saturated rings. The minimum atomic E-state index is -5.00. The first-order chi connectivity index (χ1) is 13.1. The quantitative estimate of drug-likeness (QED) is 0.675. The highest BCUT2D eigenvalue weighted by molar-refractivity contribution is 6.05. The van der Waals surface area contributed by atoms with E-state index in [9.17, 15) is 31.1 Å². The number of hydrogen-bond donors (Lipinski definition) is 1. The average Bonchev–Trinajstić information content (AvgIpc) is 3.08. The Morgan fingerprint density at radius 2 is 1.57 bits per heavy atom. The standard InChI is InChI=1S/C16H9F6N5O/c17-15(18,19)9-1-3-11(4-2-9)27-13(16(20,21)22)12(8-25-27)14(28)26-10-5-6-23-24-7-10/h1-8H,(H,23,26,28). The number of anilines is 1. The Bertz CT molecular complexity index is 979. The normalized spacial score (nSPS) is 12.1. The SMILES string of the molecule is O=C(Nc1ccnnc1)c1cnn(-c2ccc(C(F)(F)F)cc2)c1C(F)(F)F. The first-order valence-corrected chi connectivity index (χ1v) is 7.48. The summed E-state index contributed by atoms with van der Waals surface area (Å²) < 4.78 is 78.9. The highest BCUT2D eigenvalue weighted by atomic mass is 19.4. The Hall–Kier alpha value is -3.44. The van der Waals surface area contributed by atoms with Crippen LogP contribution in [0.5, 0.6) is 0 Å². The fourth-order valence-electron chi connectivity index (χ4n) is 2.34. The molecule has 0 spiro atoms. The molecule has 0 radical (unpaired) electrons. The molecule has 12 heteroatoms. The Morgan fingerprint density at radius 1 is 0.893 bits per heavy atom. The van der Waals surface area contributed by atoms with Crippen molar-refractivity contribution in [3.63, 3.8) is 0 Å². The van der Waals surface area contributed by atoms with Gasteiger partial charge in [-0.05, 0) is 30.3 Å². The summed E-state index contributed by atoms with van der Waals surface area (Å²) in [5.74, 6) is -1.11. The molecule has 28 heavy (non-hydrogen) atoms. The van der Waals surface area contributed by atoms with E-state index in [1.165, 1.54) is 12.3 Å². The molecule has 0 saturated carbocycles. The highest BCUT2D eigenvalue weighted by Gasteiger charge is 2.40. The Balaban J connectivity index is 2.01. The predicted molar refractivity (Wildman–Crippen MR) is 83.6 cm³/mol. The summed E-state index contributed by atoms with van der Waals surface area (Å²) in [4.78, 5) is 12.3. The van der Waals surface area contributed by atoms with E-state index in [4.69, 9.17) is 0 Å². The number of aromatic nitrogens is 4. The molecule has 0 aliphatic heterocycles. The van der Waals surface area contributed by atoms with Crippen molar-refractivity contribution in [2.24, 2.45) is 0 Å². The highest BCUT2D eigenvalue weighted by Crippen LogP contribution is 2.35. The third-order valence-electron chi connectivity index (χ3n) is 3.56. The molecule has 0 aliphatic rings. The second-order valence-electron chi connectivity index (χ2n) is 5.45. The molecule has 0 saturated heterocycles. The van der Waals surface area contributed by atoms with Gasteiger partial charge in [-0.15, -0.1) is 0 Å². The minimum absolute atomic E-state index is 0.107. The van der Waals surface area contributed by atoms with Gasteiger partial charge in [-0.1, -0.05) is 0 Å². The lowest BCUT2D eigenvalue weighted by Crippen LogP contribution is -2.21. The van der Waals surface area contributed by atoms with E-state index < -0.39 is 35.1 Å². The van der Waals surface area contributed by atoms with Crippen LogP contribution in [-0.2, 0) is 12.4 Å². The predicted octanol–water partition coefficient (Wildman–Crippen LogP) is 3.95. The van der Waals surface area contributed by atoms with E-state index in [2.05, 4.69) is 20.6 Å². The molecule has 1 amide bonds. The maximum atomic E-state index is 13.6. The number of carbonyl (C=O) groups excluding carboxylic acids is 1. The number of rotatable bonds is 3. The van der Waals surface area contributed by atoms with Crippen LogP contribution in [0.15, 0.2) is 48.9 Å². The summed E-state index contributed by atoms with van der Waals surface area (Å²) in [5, 5.41) is 12.7. The monoisotopic (exact) mass is 401 g/mol. The van der Waals surface area contributed by atoms with Gasteiger partial charge < -0.3 is 5.32 Å². The zero-order chi connectivity index (χ0) is 20.5. The Kier molecular flexibility index (Phi) is 4.79. The molecule has 0 unspecified atom stereocenters. The molecule has 0 atom stereocenters. The van der Waals surface area contributed by atoms with E-state index in [0.717, 1.165) is 18.3 Å². The van der Waals surface area contributed by atoms with Crippen LogP contribution in [0.1, 0.15) is 21.6 Å². The van der Waals surface area contributed by atoms with Crippen molar-refractivity contribution in [1.82, 2.24) is 20.0 Å². The van der Waals surface area contributed by atoms with Gasteiger partial charge in [0.25, 0.3) is 5.91 Å². The van der Waals surface area contributed by atoms with Crippen molar-refractivity contribution < 1.29 is 31.1 Å². The summed E-state index contributed by atoms with van der Waals surface area (Å²) in [5.41, 5.74) is -3.43. The lowest BCUT2D eigenvalue weighted by Gasteiger charge is -2.13. The molecule has 1 N–H and O–H groups in total. The molecular weight excluding hydrogens is 392 g/mol. The maximum Gasteiger partial charge on any atom is 0.434 e. The van der Waals surface area contributed by atoms with Crippen LogP contribution >= 0.6 is 0 Å². The van der Waals surface area contributed by atoms with Crippen molar-refractivity contribution in [3.05, 3.63) is 65.7 Å². The fourth-order valence-corrected chi connectivity index (χ4v) is 2.34. The van der Waals surface area contributed by atoms with E-state index >= 15 is 0 Å². The minimum Gasteiger partial charge on any atom is -0.320 e. The summed E-state index contributed by atoms with van der Waals surface area (Å²) >= 11 is 0. The molecule has 146 valence electrons. The van der Waals surface area contributed by atoms with Crippen LogP contribution in [-0.4, -0.2) is 25.9 Å². The first-order valence-electron chi connectivity index (χ1n) is 7.48. The van der Waals surface area contributed by atoms with Gasteiger partial charge in [-0.25, -0.2) is 4.68 Å². The van der Waals surface area contributed by atoms with Crippen LogP contribution in [0.2, 0.25) is 0 Å². The topological polar surface area (TPSA) is 72.7 Å². The van der Waals surface area contributed by atoms with Crippen molar-refractivity contribution in [2.45, 2.75) is 12.4 Å². The largest absolute Gasteiger partial charge is 0.434 e. The number of halogens is 6. The average molecular weight is 401 g/mol. The Morgan fingerprint density at radius 3 is 2.11 bits per heavy atom. The van der Waals surface area contributed by atoms with E-state index in [1.807, 2.05) is 0 Å². The van der Waals surface area contributed by atoms with Crippen LogP contribution in [0.4, 0.5) is 32.0 Å². The molecule has 3 rings (SSSR count). The van der Waals surface area contributed by atoms with Crippen LogP contribution < -0.4 is 5.32 Å². The van der Waals surface area contributed by atoms with Crippen molar-refractivity contribution in [1.29, 1.82) is 0 Å². The Labute approximate surface area is 152 Å². The molecule has 6 nitrogen and oxygen atoms in total. The van der Waals surface area contributed by atoms with Gasteiger partial charge in [0.2, 0.25) is 0 Å². The molecule has 3 aromatic rings. The summed E-state index contributed by atoms with van der Waals surface area (Å²) in [7, 11) is 0. The van der Waals surface area contributed by atoms with Gasteiger partial charge in [-0.3, -0.25) is 4.79 Å². The third-order valence-corrected chi connectivity index (χ3v) is 3.56. The van der Waals surface area contributed by atoms with E-state index in [-0.39, 0.29) is 11.4 Å². The van der Waals surface area contributed by atoms with Crippen LogP contribution in [0, 0.1) is 0 Å². The van der Waals surface area contributed by atoms with Gasteiger partial charge in [-0.2, -0.15) is 41.6 Å². The van der Waals surface area contributed by atoms with Gasteiger partial charge in [0.05, 0.1) is 41.1 Å². The second kappa shape index (κ2) is 6.94. The van der Waals surface area contributed by atoms with Crippen LogP contribution in [0.25, 0.3) is 5.69 Å². The van der Waals surface area contributed by atoms with Gasteiger partial charge in [0, 0.05) is 0 Å². The van der Waals surface area contributed by atoms with Crippen molar-refractivity contribution >= 4 is 11.6 Å². The number of alkyl halides is 6. The molecule has 2 heterocycles. The lowest BCUT2D eigenvalue weighted by molar-refractivity contribution is -0.143. The number of hydrogen-bond acceptors (Lipinski definition) is 4. The zero-order valence-electron chi connectivity index (χ0n) is 13.6. The van der Waals surface area contributed by atoms with Gasteiger partial charge >= 0.3 is 12.4 Å². The first kappa shape index (κ1) is 19.3. The van der Waals surface area contributed by atoms with Crippen LogP contribution in [0.3, 0.4) is 0 Å². The number of carbonyl (C=O) groups is 1. The number of nitrogens with zero attached hydrogens (tertiary/aromatic N) is 4. The lowest BCUT2D eigenvalue weighted by atomic mass is 10.2. The van der Waals surface area contributed by atoms with E-state index in [1.54, 1.807) is 0 Å². The number of amides is 1. The van der Waals surface area contributed by atoms with Crippen molar-refractivity contribution in [2.75, 3.05) is 5.32 Å². The summed E-state index contributed by atoms with van der Waals surface area (Å²) in [6, 6.07) is 4.23. The van der Waals surface area contributed by atoms with Gasteiger partial charge in [0.15, 0.2) is 5.69 Å². The van der Waals surface area contributed by atoms with Gasteiger partial charge in [0.1, 0.15) is 0 Å². The zero-order valence-corrected chi connectivity index (χ0v) is 13.6. The maximum absolute atomic E-state index is 13.6. The summed E-state index contributed by atoms with van der Waals surface area (Å²) in [6.45, 7) is 0. The number of nitrogens with one attached hydrogen (secondary N) is 1. The summed E-state index contributed by atoms with van der Waals surface area (Å²) in [6.07, 6.45) is -6.59. The third kappa shape index (κ3) is 3.94. The number of benzene rings is 1. The van der Waals surface area contributed by atoms with E-state index in [0.29, 0.717) is 23.0 Å². The molecular formula is C16H9F6N5O. The molecule has 0 bridgehead atoms. The second-order valence-corrected chi connectivity index (χ2v) is 5.45. The van der Waals surface area contributed by atoms with Crippen molar-refractivity contribution in [3.8, 4) is 5.69 Å². The molecule has 0 aliphatic carbocycles. The fraction of sp³-hybridized carbons (Fsp3) is 0.125. The molecule has 1 aromatic carbocycles.